The summed E-state index contributed by atoms with van der Waals surface area (Å²) in [7, 11) is -1.66. The molecule has 8 nitrogen and oxygen atoms in total. The van der Waals surface area contributed by atoms with Gasteiger partial charge in [-0.1, -0.05) is 12.1 Å². The number of anilines is 1. The zero-order chi connectivity index (χ0) is 20.2. The Morgan fingerprint density at radius 1 is 1.17 bits per heavy atom. The molecule has 4 heterocycles. The second-order valence-corrected chi connectivity index (χ2v) is 9.15. The summed E-state index contributed by atoms with van der Waals surface area (Å²) < 4.78 is 30.7. The number of fused-ring (bicyclic) bond motifs is 2. The Hall–Kier alpha value is -2.94. The summed E-state index contributed by atoms with van der Waals surface area (Å²) in [6, 6.07) is 9.31. The number of hydrogen-bond acceptors (Lipinski definition) is 6. The molecule has 2 aliphatic heterocycles. The number of sulfonamides is 1. The number of rotatable bonds is 2. The minimum absolute atomic E-state index is 0.220. The van der Waals surface area contributed by atoms with Crippen molar-refractivity contribution in [3.8, 4) is 0 Å². The van der Waals surface area contributed by atoms with Gasteiger partial charge in [0.25, 0.3) is 10.0 Å². The molecule has 0 unspecified atom stereocenters. The molecule has 0 spiro atoms. The fourth-order valence-electron chi connectivity index (χ4n) is 4.25. The van der Waals surface area contributed by atoms with Crippen LogP contribution in [0.25, 0.3) is 5.52 Å². The Bertz CT molecular complexity index is 1220. The van der Waals surface area contributed by atoms with Gasteiger partial charge < -0.3 is 9.80 Å². The molecule has 1 aromatic carbocycles. The third-order valence-electron chi connectivity index (χ3n) is 5.75. The van der Waals surface area contributed by atoms with Crippen LogP contribution in [0.5, 0.6) is 0 Å². The second kappa shape index (κ2) is 6.55. The Labute approximate surface area is 169 Å². The molecule has 1 saturated heterocycles. The first-order valence-electron chi connectivity index (χ1n) is 9.67. The molecule has 3 aromatic rings. The van der Waals surface area contributed by atoms with Crippen LogP contribution in [0.2, 0.25) is 0 Å². The van der Waals surface area contributed by atoms with E-state index in [1.165, 1.54) is 0 Å². The highest BCUT2D eigenvalue weighted by Crippen LogP contribution is 2.30. The van der Waals surface area contributed by atoms with E-state index in [9.17, 15) is 8.42 Å². The van der Waals surface area contributed by atoms with Gasteiger partial charge in [0.05, 0.1) is 5.69 Å². The predicted octanol–water partition coefficient (Wildman–Crippen LogP) is 2.09. The topological polar surface area (TPSA) is 83.2 Å². The van der Waals surface area contributed by atoms with Crippen molar-refractivity contribution in [3.63, 3.8) is 0 Å². The van der Waals surface area contributed by atoms with Crippen LogP contribution in [0.4, 0.5) is 5.82 Å². The van der Waals surface area contributed by atoms with Crippen LogP contribution in [-0.2, 0) is 10.0 Å². The number of aromatic nitrogens is 3. The van der Waals surface area contributed by atoms with Crippen LogP contribution >= 0.6 is 0 Å². The van der Waals surface area contributed by atoms with E-state index < -0.39 is 10.0 Å². The first-order chi connectivity index (χ1) is 13.9. The summed E-state index contributed by atoms with van der Waals surface area (Å²) in [6.45, 7) is 3.66. The summed E-state index contributed by atoms with van der Waals surface area (Å²) in [6.07, 6.45) is 5.44. The van der Waals surface area contributed by atoms with Crippen molar-refractivity contribution in [1.82, 2.24) is 19.5 Å². The minimum atomic E-state index is -3.60. The predicted molar refractivity (Wildman–Crippen MR) is 111 cm³/mol. The Balaban J connectivity index is 1.36. The van der Waals surface area contributed by atoms with Crippen molar-refractivity contribution < 1.29 is 8.42 Å². The lowest BCUT2D eigenvalue weighted by molar-refractivity contribution is 0.306. The van der Waals surface area contributed by atoms with E-state index in [-0.39, 0.29) is 6.04 Å². The van der Waals surface area contributed by atoms with Crippen LogP contribution in [-0.4, -0.2) is 59.9 Å². The van der Waals surface area contributed by atoms with Crippen molar-refractivity contribution >= 4 is 27.2 Å². The number of hydrogen-bond donors (Lipinski definition) is 0. The monoisotopic (exact) mass is 410 g/mol. The smallest absolute Gasteiger partial charge is 0.285 e. The molecule has 1 fully saturated rings. The van der Waals surface area contributed by atoms with Gasteiger partial charge in [0.1, 0.15) is 10.4 Å². The van der Waals surface area contributed by atoms with Gasteiger partial charge in [0.15, 0.2) is 11.7 Å². The van der Waals surface area contributed by atoms with Gasteiger partial charge >= 0.3 is 0 Å². The zero-order valence-electron chi connectivity index (χ0n) is 16.4. The lowest BCUT2D eigenvalue weighted by Crippen LogP contribution is -2.46. The molecule has 5 rings (SSSR count). The minimum Gasteiger partial charge on any atom is -0.355 e. The lowest BCUT2D eigenvalue weighted by atomic mass is 10.0. The highest BCUT2D eigenvalue weighted by Gasteiger charge is 2.34. The maximum Gasteiger partial charge on any atom is 0.285 e. The van der Waals surface area contributed by atoms with Crippen molar-refractivity contribution in [3.05, 3.63) is 54.0 Å². The van der Waals surface area contributed by atoms with Gasteiger partial charge in [-0.3, -0.25) is 0 Å². The molecule has 2 aromatic heterocycles. The molecule has 0 aliphatic carbocycles. The van der Waals surface area contributed by atoms with Crippen LogP contribution in [0, 0.1) is 6.92 Å². The summed E-state index contributed by atoms with van der Waals surface area (Å²) in [5.74, 6) is 1.49. The highest BCUT2D eigenvalue weighted by molar-refractivity contribution is 7.90. The number of nitrogens with zero attached hydrogens (tertiary/aromatic N) is 6. The zero-order valence-corrected chi connectivity index (χ0v) is 17.2. The van der Waals surface area contributed by atoms with E-state index >= 15 is 0 Å². The fourth-order valence-corrected chi connectivity index (χ4v) is 5.50. The van der Waals surface area contributed by atoms with Crippen LogP contribution < -0.4 is 4.90 Å². The molecular formula is C20H22N6O2S. The molecule has 9 heteroatoms. The first kappa shape index (κ1) is 18.1. The number of benzene rings is 1. The maximum absolute atomic E-state index is 12.4. The summed E-state index contributed by atoms with van der Waals surface area (Å²) in [4.78, 5) is 9.19. The van der Waals surface area contributed by atoms with Crippen molar-refractivity contribution in [2.24, 2.45) is 4.40 Å². The lowest BCUT2D eigenvalue weighted by Gasteiger charge is -2.38. The van der Waals surface area contributed by atoms with Crippen molar-refractivity contribution in [1.29, 1.82) is 0 Å². The SMILES string of the molecule is Cc1cc2c(N3CCC(N(C)C4=NS(=O)(=O)c5ccccc54)CC3)nccn2n1. The normalized spacial score (nSPS) is 18.7. The van der Waals surface area contributed by atoms with Crippen LogP contribution in [0.1, 0.15) is 24.1 Å². The van der Waals surface area contributed by atoms with Gasteiger partial charge in [-0.25, -0.2) is 9.50 Å². The van der Waals surface area contributed by atoms with E-state index in [0.29, 0.717) is 16.3 Å². The number of piperidine rings is 1. The quantitative estimate of drug-likeness (QED) is 0.643. The molecule has 2 aliphatic rings. The number of amidine groups is 1. The summed E-state index contributed by atoms with van der Waals surface area (Å²) in [5, 5.41) is 4.47. The van der Waals surface area contributed by atoms with Gasteiger partial charge in [0, 0.05) is 44.1 Å². The van der Waals surface area contributed by atoms with E-state index in [1.807, 2.05) is 41.7 Å². The van der Waals surface area contributed by atoms with E-state index in [2.05, 4.69) is 25.4 Å². The van der Waals surface area contributed by atoms with E-state index in [1.54, 1.807) is 18.3 Å². The van der Waals surface area contributed by atoms with Gasteiger partial charge in [-0.2, -0.15) is 13.5 Å². The average molecular weight is 411 g/mol. The second-order valence-electron chi connectivity index (χ2n) is 7.58. The van der Waals surface area contributed by atoms with Gasteiger partial charge in [-0.05, 0) is 38.0 Å². The third kappa shape index (κ3) is 2.96. The molecule has 29 heavy (non-hydrogen) atoms. The van der Waals surface area contributed by atoms with Crippen LogP contribution in [0.3, 0.4) is 0 Å². The van der Waals surface area contributed by atoms with E-state index in [4.69, 9.17) is 0 Å². The van der Waals surface area contributed by atoms with Gasteiger partial charge in [0.2, 0.25) is 0 Å². The highest BCUT2D eigenvalue weighted by atomic mass is 32.2. The van der Waals surface area contributed by atoms with Crippen LogP contribution in [0.15, 0.2) is 52.0 Å². The Morgan fingerprint density at radius 2 is 1.93 bits per heavy atom. The molecule has 150 valence electrons. The Morgan fingerprint density at radius 3 is 2.72 bits per heavy atom. The molecule has 0 radical (unpaired) electrons. The molecule has 0 N–H and O–H groups in total. The average Bonchev–Trinajstić information content (AvgIpc) is 3.24. The summed E-state index contributed by atoms with van der Waals surface area (Å²) in [5.41, 5.74) is 2.67. The third-order valence-corrected chi connectivity index (χ3v) is 7.08. The maximum atomic E-state index is 12.4. The molecule has 0 saturated carbocycles. The van der Waals surface area contributed by atoms with Gasteiger partial charge in [-0.15, -0.1) is 4.40 Å². The van der Waals surface area contributed by atoms with Crippen molar-refractivity contribution in [2.75, 3.05) is 25.0 Å². The molecule has 0 amide bonds. The fraction of sp³-hybridized carbons (Fsp3) is 0.350. The number of aryl methyl sites for hydroxylation is 1. The largest absolute Gasteiger partial charge is 0.355 e. The molecule has 0 atom stereocenters. The Kier molecular flexibility index (Phi) is 4.09. The van der Waals surface area contributed by atoms with Crippen molar-refractivity contribution in [2.45, 2.75) is 30.7 Å². The summed E-state index contributed by atoms with van der Waals surface area (Å²) >= 11 is 0. The molecule has 0 bridgehead atoms. The first-order valence-corrected chi connectivity index (χ1v) is 11.1. The van der Waals surface area contributed by atoms with E-state index in [0.717, 1.165) is 43.0 Å². The molecular weight excluding hydrogens is 388 g/mol. The standard InChI is InChI=1S/C20H22N6O2S/c1-14-13-17-20(21-9-12-26(17)22-14)25-10-7-15(8-11-25)24(2)19-16-5-3-4-6-18(16)29(27,28)23-19/h3-6,9,12-13,15H,7-8,10-11H2,1-2H3.